The van der Waals surface area contributed by atoms with E-state index in [1.54, 1.807) is 6.07 Å². The molecule has 0 unspecified atom stereocenters. The van der Waals surface area contributed by atoms with E-state index in [-0.39, 0.29) is 5.56 Å². The van der Waals surface area contributed by atoms with E-state index in [1.807, 2.05) is 26.0 Å². The summed E-state index contributed by atoms with van der Waals surface area (Å²) < 4.78 is 0. The Labute approximate surface area is 131 Å². The van der Waals surface area contributed by atoms with E-state index < -0.39 is 0 Å². The Morgan fingerprint density at radius 2 is 2.05 bits per heavy atom. The second-order valence-electron chi connectivity index (χ2n) is 4.33. The lowest BCUT2D eigenvalue weighted by molar-refractivity contribution is 0.858. The third kappa shape index (κ3) is 3.57. The minimum Gasteiger partial charge on any atom is -0.301 e. The highest BCUT2D eigenvalue weighted by Crippen LogP contribution is 2.26. The molecule has 3 nitrogen and oxygen atoms in total. The van der Waals surface area contributed by atoms with Crippen molar-refractivity contribution >= 4 is 35.0 Å². The second kappa shape index (κ2) is 6.66. The van der Waals surface area contributed by atoms with Crippen LogP contribution >= 0.6 is 35.0 Å². The number of halogens is 2. The molecule has 0 aliphatic carbocycles. The van der Waals surface area contributed by atoms with E-state index in [1.165, 1.54) is 11.8 Å². The summed E-state index contributed by atoms with van der Waals surface area (Å²) in [5.74, 6) is 0.671. The van der Waals surface area contributed by atoms with Gasteiger partial charge in [-0.15, -0.1) is 0 Å². The number of aromatic nitrogens is 2. The fourth-order valence-electron chi connectivity index (χ4n) is 1.85. The largest absolute Gasteiger partial charge is 0.301 e. The number of aromatic amines is 1. The van der Waals surface area contributed by atoms with Crippen molar-refractivity contribution < 1.29 is 0 Å². The highest BCUT2D eigenvalue weighted by Gasteiger charge is 2.07. The number of rotatable bonds is 4. The van der Waals surface area contributed by atoms with Crippen LogP contribution in [-0.4, -0.2) is 9.97 Å². The van der Waals surface area contributed by atoms with Gasteiger partial charge in [-0.1, -0.05) is 48.0 Å². The molecule has 1 aromatic carbocycles. The van der Waals surface area contributed by atoms with E-state index in [0.717, 1.165) is 16.8 Å². The number of benzene rings is 1. The lowest BCUT2D eigenvalue weighted by atomic mass is 10.2. The Kier molecular flexibility index (Phi) is 5.13. The fourth-order valence-corrected chi connectivity index (χ4v) is 3.02. The molecule has 2 aromatic rings. The number of hydrogen-bond donors (Lipinski definition) is 1. The van der Waals surface area contributed by atoms with Crippen LogP contribution in [0.1, 0.15) is 23.7 Å². The molecule has 1 aromatic heterocycles. The number of nitrogens with one attached hydrogen (secondary N) is 1. The first kappa shape index (κ1) is 15.4. The van der Waals surface area contributed by atoms with E-state index in [0.29, 0.717) is 27.4 Å². The maximum absolute atomic E-state index is 11.9. The summed E-state index contributed by atoms with van der Waals surface area (Å²) in [4.78, 5) is 19.1. The van der Waals surface area contributed by atoms with Crippen molar-refractivity contribution in [1.82, 2.24) is 9.97 Å². The third-order valence-corrected chi connectivity index (χ3v) is 4.60. The third-order valence-electron chi connectivity index (χ3n) is 2.91. The van der Waals surface area contributed by atoms with Crippen LogP contribution in [0, 0.1) is 6.92 Å². The first-order chi connectivity index (χ1) is 9.51. The Morgan fingerprint density at radius 3 is 2.65 bits per heavy atom. The van der Waals surface area contributed by atoms with Crippen molar-refractivity contribution in [2.24, 2.45) is 0 Å². The van der Waals surface area contributed by atoms with Crippen molar-refractivity contribution in [3.8, 4) is 0 Å². The molecule has 0 bridgehead atoms. The van der Waals surface area contributed by atoms with Gasteiger partial charge in [0.1, 0.15) is 0 Å². The van der Waals surface area contributed by atoms with Crippen LogP contribution in [0.5, 0.6) is 0 Å². The molecule has 0 saturated carbocycles. The SMILES string of the molecule is CCc1c(C)nc(SCc2ccc(Cl)c(Cl)c2)[nH]c1=O. The van der Waals surface area contributed by atoms with Crippen LogP contribution in [0.25, 0.3) is 0 Å². The van der Waals surface area contributed by atoms with Gasteiger partial charge in [0.2, 0.25) is 0 Å². The maximum Gasteiger partial charge on any atom is 0.254 e. The number of thioether (sulfide) groups is 1. The van der Waals surface area contributed by atoms with E-state index in [2.05, 4.69) is 9.97 Å². The molecule has 0 spiro atoms. The summed E-state index contributed by atoms with van der Waals surface area (Å²) >= 11 is 13.3. The van der Waals surface area contributed by atoms with E-state index >= 15 is 0 Å². The smallest absolute Gasteiger partial charge is 0.254 e. The average molecular weight is 329 g/mol. The first-order valence-electron chi connectivity index (χ1n) is 6.17. The quantitative estimate of drug-likeness (QED) is 0.674. The topological polar surface area (TPSA) is 45.8 Å². The number of H-pyrrole nitrogens is 1. The van der Waals surface area contributed by atoms with Gasteiger partial charge in [-0.05, 0) is 31.0 Å². The first-order valence-corrected chi connectivity index (χ1v) is 7.92. The van der Waals surface area contributed by atoms with Gasteiger partial charge in [0.05, 0.1) is 10.0 Å². The molecule has 0 fully saturated rings. The van der Waals surface area contributed by atoms with Gasteiger partial charge >= 0.3 is 0 Å². The monoisotopic (exact) mass is 328 g/mol. The standard InChI is InChI=1S/C14H14Cl2N2OS/c1-3-10-8(2)17-14(18-13(10)19)20-7-9-4-5-11(15)12(16)6-9/h4-6H,3,7H2,1-2H3,(H,17,18,19). The minimum atomic E-state index is -0.0587. The maximum atomic E-state index is 11.9. The van der Waals surface area contributed by atoms with Gasteiger partial charge in [0, 0.05) is 17.0 Å². The number of aryl methyl sites for hydroxylation is 1. The van der Waals surface area contributed by atoms with Gasteiger partial charge < -0.3 is 4.98 Å². The van der Waals surface area contributed by atoms with Crippen molar-refractivity contribution in [2.75, 3.05) is 0 Å². The molecular weight excluding hydrogens is 315 g/mol. The molecule has 0 aliphatic heterocycles. The fraction of sp³-hybridized carbons (Fsp3) is 0.286. The summed E-state index contributed by atoms with van der Waals surface area (Å²) in [5, 5.41) is 1.69. The number of nitrogens with zero attached hydrogens (tertiary/aromatic N) is 1. The van der Waals surface area contributed by atoms with Crippen LogP contribution in [-0.2, 0) is 12.2 Å². The summed E-state index contributed by atoms with van der Waals surface area (Å²) in [6.45, 7) is 3.80. The van der Waals surface area contributed by atoms with E-state index in [4.69, 9.17) is 23.2 Å². The number of hydrogen-bond acceptors (Lipinski definition) is 3. The summed E-state index contributed by atoms with van der Waals surface area (Å²) in [6, 6.07) is 5.50. The molecule has 0 atom stereocenters. The van der Waals surface area contributed by atoms with Crippen LogP contribution in [0.3, 0.4) is 0 Å². The molecule has 1 heterocycles. The van der Waals surface area contributed by atoms with Crippen molar-refractivity contribution in [2.45, 2.75) is 31.2 Å². The average Bonchev–Trinajstić information content (AvgIpc) is 2.40. The Hall–Kier alpha value is -0.970. The summed E-state index contributed by atoms with van der Waals surface area (Å²) in [7, 11) is 0. The lowest BCUT2D eigenvalue weighted by Gasteiger charge is -2.06. The lowest BCUT2D eigenvalue weighted by Crippen LogP contribution is -2.16. The Morgan fingerprint density at radius 1 is 1.30 bits per heavy atom. The van der Waals surface area contributed by atoms with Crippen LogP contribution in [0.2, 0.25) is 10.0 Å². The Balaban J connectivity index is 2.15. The zero-order valence-electron chi connectivity index (χ0n) is 11.2. The molecule has 2 rings (SSSR count). The normalized spacial score (nSPS) is 10.8. The Bertz CT molecular complexity index is 685. The van der Waals surface area contributed by atoms with Gasteiger partial charge in [-0.2, -0.15) is 0 Å². The predicted molar refractivity (Wildman–Crippen MR) is 85.0 cm³/mol. The summed E-state index contributed by atoms with van der Waals surface area (Å²) in [6.07, 6.45) is 0.686. The van der Waals surface area contributed by atoms with Gasteiger partial charge in [-0.3, -0.25) is 4.79 Å². The molecule has 6 heteroatoms. The molecule has 0 saturated heterocycles. The minimum absolute atomic E-state index is 0.0587. The second-order valence-corrected chi connectivity index (χ2v) is 6.10. The molecule has 0 amide bonds. The highest BCUT2D eigenvalue weighted by molar-refractivity contribution is 7.98. The van der Waals surface area contributed by atoms with E-state index in [9.17, 15) is 4.79 Å². The molecule has 0 radical (unpaired) electrons. The van der Waals surface area contributed by atoms with Gasteiger partial charge in [-0.25, -0.2) is 4.98 Å². The van der Waals surface area contributed by atoms with Crippen molar-refractivity contribution in [1.29, 1.82) is 0 Å². The van der Waals surface area contributed by atoms with Crippen LogP contribution in [0.15, 0.2) is 28.2 Å². The van der Waals surface area contributed by atoms with Crippen molar-refractivity contribution in [3.05, 3.63) is 55.4 Å². The molecule has 0 aliphatic rings. The zero-order valence-corrected chi connectivity index (χ0v) is 13.5. The zero-order chi connectivity index (χ0) is 14.7. The molecular formula is C14H14Cl2N2OS. The van der Waals surface area contributed by atoms with Crippen LogP contribution < -0.4 is 5.56 Å². The van der Waals surface area contributed by atoms with Gasteiger partial charge in [0.25, 0.3) is 5.56 Å². The van der Waals surface area contributed by atoms with Gasteiger partial charge in [0.15, 0.2) is 5.16 Å². The summed E-state index contributed by atoms with van der Waals surface area (Å²) in [5.41, 5.74) is 2.50. The molecule has 1 N–H and O–H groups in total. The molecule has 106 valence electrons. The van der Waals surface area contributed by atoms with Crippen LogP contribution in [0.4, 0.5) is 0 Å². The predicted octanol–water partition coefficient (Wildman–Crippen LogP) is 4.24. The molecule has 20 heavy (non-hydrogen) atoms. The van der Waals surface area contributed by atoms with Crippen molar-refractivity contribution in [3.63, 3.8) is 0 Å². The highest BCUT2D eigenvalue weighted by atomic mass is 35.5.